The molecule has 0 aromatic heterocycles. The lowest BCUT2D eigenvalue weighted by molar-refractivity contribution is -0.198. The Labute approximate surface area is 280 Å². The van der Waals surface area contributed by atoms with Crippen molar-refractivity contribution in [1.29, 1.82) is 0 Å². The Hall–Kier alpha value is -2.76. The number of carbonyl (C=O) groups is 4. The van der Waals surface area contributed by atoms with Crippen LogP contribution in [-0.2, 0) is 38.1 Å². The van der Waals surface area contributed by atoms with E-state index in [-0.39, 0.29) is 12.0 Å². The molecule has 12 atom stereocenters. The van der Waals surface area contributed by atoms with Crippen molar-refractivity contribution in [3.63, 3.8) is 0 Å². The van der Waals surface area contributed by atoms with Crippen LogP contribution in [0.1, 0.15) is 95.4 Å². The fraction of sp³-hybridized carbons (Fsp3) is 0.778. The van der Waals surface area contributed by atoms with Crippen molar-refractivity contribution in [1.82, 2.24) is 0 Å². The van der Waals surface area contributed by atoms with Gasteiger partial charge in [-0.05, 0) is 25.2 Å². The van der Waals surface area contributed by atoms with Crippen LogP contribution < -0.4 is 0 Å². The first-order valence-electron chi connectivity index (χ1n) is 16.9. The molecule has 0 radical (unpaired) electrons. The summed E-state index contributed by atoms with van der Waals surface area (Å²) < 4.78 is 23.8. The molecule has 0 heterocycles. The topological polar surface area (TPSA) is 166 Å². The monoisotopic (exact) mass is 666 g/mol. The number of fused-ring (bicyclic) bond motifs is 1. The molecule has 0 unspecified atom stereocenters. The first-order chi connectivity index (χ1) is 21.6. The van der Waals surface area contributed by atoms with Crippen LogP contribution in [0.5, 0.6) is 0 Å². The zero-order chi connectivity index (χ0) is 36.2. The van der Waals surface area contributed by atoms with E-state index < -0.39 is 107 Å². The van der Waals surface area contributed by atoms with Gasteiger partial charge >= 0.3 is 23.9 Å². The minimum atomic E-state index is -1.96. The normalized spacial score (nSPS) is 36.1. The summed E-state index contributed by atoms with van der Waals surface area (Å²) in [6.45, 7) is 22.4. The molecule has 268 valence electrons. The first kappa shape index (κ1) is 40.4. The van der Waals surface area contributed by atoms with E-state index in [1.54, 1.807) is 81.4 Å². The average Bonchev–Trinajstić information content (AvgIpc) is 3.23. The highest BCUT2D eigenvalue weighted by Gasteiger charge is 2.62. The molecule has 0 aliphatic heterocycles. The number of esters is 4. The van der Waals surface area contributed by atoms with Gasteiger partial charge in [-0.2, -0.15) is 0 Å². The zero-order valence-corrected chi connectivity index (χ0v) is 30.0. The van der Waals surface area contributed by atoms with Crippen molar-refractivity contribution in [3.8, 4) is 0 Å². The maximum absolute atomic E-state index is 13.5. The summed E-state index contributed by atoms with van der Waals surface area (Å²) in [6, 6.07) is 0. The highest BCUT2D eigenvalue weighted by molar-refractivity contribution is 5.74. The molecule has 1 saturated carbocycles. The van der Waals surface area contributed by atoms with Crippen LogP contribution in [0.25, 0.3) is 0 Å². The molecule has 11 nitrogen and oxygen atoms in total. The summed E-state index contributed by atoms with van der Waals surface area (Å²) in [4.78, 5) is 52.5. The van der Waals surface area contributed by atoms with Crippen LogP contribution in [-0.4, -0.2) is 81.4 Å². The molecule has 47 heavy (non-hydrogen) atoms. The van der Waals surface area contributed by atoms with Gasteiger partial charge in [0.05, 0.1) is 29.8 Å². The first-order valence-corrected chi connectivity index (χ1v) is 16.9. The smallest absolute Gasteiger partial charge is 0.309 e. The van der Waals surface area contributed by atoms with Gasteiger partial charge in [0, 0.05) is 23.8 Å². The van der Waals surface area contributed by atoms with Crippen molar-refractivity contribution in [2.45, 2.75) is 138 Å². The lowest BCUT2D eigenvalue weighted by Gasteiger charge is -2.46. The maximum atomic E-state index is 13.5. The van der Waals surface area contributed by atoms with Gasteiger partial charge in [0.1, 0.15) is 23.9 Å². The van der Waals surface area contributed by atoms with Crippen molar-refractivity contribution < 1.29 is 53.4 Å². The Morgan fingerprint density at radius 2 is 1.40 bits per heavy atom. The van der Waals surface area contributed by atoms with Crippen molar-refractivity contribution in [2.24, 2.45) is 40.9 Å². The second-order valence-electron chi connectivity index (χ2n) is 14.7. The minimum Gasteiger partial charge on any atom is -0.459 e. The molecule has 2 rings (SSSR count). The van der Waals surface area contributed by atoms with E-state index >= 15 is 0 Å². The van der Waals surface area contributed by atoms with Crippen molar-refractivity contribution in [3.05, 3.63) is 24.3 Å². The van der Waals surface area contributed by atoms with E-state index in [4.69, 9.17) is 18.9 Å². The number of carbonyl (C=O) groups excluding carboxylic acids is 4. The molecule has 0 aromatic rings. The van der Waals surface area contributed by atoms with Gasteiger partial charge in [0.15, 0.2) is 12.2 Å². The lowest BCUT2D eigenvalue weighted by atomic mass is 9.71. The molecule has 0 bridgehead atoms. The molecule has 0 saturated heterocycles. The SMILES string of the molecule is C=C1[C@H](OC(=O)C(C)C)[C@@H](OC(=O)[C@H](C)CC)[C@@H](O)C(C)(C)/C=C/[C@H](C)[C@H](OC(C)=O)[C@@]2(O)C[C@H](C)[C@H](O)[C@@H]2[C@H]1OC(=O)[C@H](C)CC. The van der Waals surface area contributed by atoms with E-state index in [0.29, 0.717) is 12.8 Å². The Kier molecular flexibility index (Phi) is 13.8. The number of aliphatic hydroxyl groups is 3. The van der Waals surface area contributed by atoms with E-state index in [2.05, 4.69) is 6.58 Å². The Balaban J connectivity index is 3.04. The van der Waals surface area contributed by atoms with Gasteiger partial charge in [0.2, 0.25) is 0 Å². The molecular weight excluding hydrogens is 608 g/mol. The molecule has 0 aromatic carbocycles. The molecule has 2 aliphatic carbocycles. The van der Waals surface area contributed by atoms with Gasteiger partial charge in [-0.15, -0.1) is 0 Å². The largest absolute Gasteiger partial charge is 0.459 e. The highest BCUT2D eigenvalue weighted by Crippen LogP contribution is 2.50. The predicted octanol–water partition coefficient (Wildman–Crippen LogP) is 4.30. The van der Waals surface area contributed by atoms with Gasteiger partial charge in [0.25, 0.3) is 0 Å². The molecular formula is C36H58O11. The van der Waals surface area contributed by atoms with E-state index in [9.17, 15) is 34.5 Å². The van der Waals surface area contributed by atoms with Crippen molar-refractivity contribution >= 4 is 23.9 Å². The van der Waals surface area contributed by atoms with Crippen molar-refractivity contribution in [2.75, 3.05) is 0 Å². The second kappa shape index (κ2) is 16.1. The van der Waals surface area contributed by atoms with E-state index in [1.165, 1.54) is 6.92 Å². The number of rotatable bonds is 9. The molecule has 11 heteroatoms. The average molecular weight is 667 g/mol. The number of hydrogen-bond donors (Lipinski definition) is 3. The van der Waals surface area contributed by atoms with Crippen LogP contribution >= 0.6 is 0 Å². The summed E-state index contributed by atoms with van der Waals surface area (Å²) in [7, 11) is 0. The maximum Gasteiger partial charge on any atom is 0.309 e. The zero-order valence-electron chi connectivity index (χ0n) is 30.0. The number of ether oxygens (including phenoxy) is 4. The van der Waals surface area contributed by atoms with Crippen LogP contribution in [0.4, 0.5) is 0 Å². The van der Waals surface area contributed by atoms with Crippen LogP contribution in [0.15, 0.2) is 24.3 Å². The molecule has 2 aliphatic rings. The van der Waals surface area contributed by atoms with Crippen LogP contribution in [0, 0.1) is 40.9 Å². The molecule has 1 fully saturated rings. The minimum absolute atomic E-state index is 0.0332. The third-order valence-electron chi connectivity index (χ3n) is 9.94. The van der Waals surface area contributed by atoms with Gasteiger partial charge in [-0.25, -0.2) is 0 Å². The Morgan fingerprint density at radius 1 is 0.894 bits per heavy atom. The van der Waals surface area contributed by atoms with Gasteiger partial charge in [-0.1, -0.05) is 88.0 Å². The lowest BCUT2D eigenvalue weighted by Crippen LogP contribution is -2.59. The van der Waals surface area contributed by atoms with Gasteiger partial charge in [-0.3, -0.25) is 19.2 Å². The van der Waals surface area contributed by atoms with E-state index in [1.807, 2.05) is 0 Å². The third kappa shape index (κ3) is 9.03. The number of hydrogen-bond acceptors (Lipinski definition) is 11. The summed E-state index contributed by atoms with van der Waals surface area (Å²) in [5, 5.41) is 36.3. The quantitative estimate of drug-likeness (QED) is 0.182. The van der Waals surface area contributed by atoms with Gasteiger partial charge < -0.3 is 34.3 Å². The Bertz CT molecular complexity index is 1180. The molecule has 3 N–H and O–H groups in total. The fourth-order valence-electron chi connectivity index (χ4n) is 6.31. The highest BCUT2D eigenvalue weighted by atomic mass is 16.6. The number of aliphatic hydroxyl groups excluding tert-OH is 2. The summed E-state index contributed by atoms with van der Waals surface area (Å²) in [5.74, 6) is -7.05. The third-order valence-corrected chi connectivity index (χ3v) is 9.94. The fourth-order valence-corrected chi connectivity index (χ4v) is 6.31. The second-order valence-corrected chi connectivity index (χ2v) is 14.7. The Morgan fingerprint density at radius 3 is 1.89 bits per heavy atom. The predicted molar refractivity (Wildman–Crippen MR) is 174 cm³/mol. The summed E-state index contributed by atoms with van der Waals surface area (Å²) in [6.07, 6.45) is -4.48. The molecule has 0 spiro atoms. The molecule has 0 amide bonds. The van der Waals surface area contributed by atoms with E-state index in [0.717, 1.165) is 0 Å². The summed E-state index contributed by atoms with van der Waals surface area (Å²) >= 11 is 0. The van der Waals surface area contributed by atoms with Crippen LogP contribution in [0.2, 0.25) is 0 Å². The van der Waals surface area contributed by atoms with Crippen LogP contribution in [0.3, 0.4) is 0 Å². The standard InChI is InChI=1S/C36H58O11/c1-13-19(5)33(41)45-27-23(9)28(46-32(40)18(3)4)29(47-34(42)20(6)14-2)30(39)35(11,12)16-15-21(7)31(44-24(10)37)36(43)17-22(8)26(38)25(27)36/h15-16,18-22,25-31,38-39,43H,9,13-14,17H2,1-8,10-12H3/b16-15+/t19-,20-,21+,22+,25-,26+,27+,28+,29-,30-,31+,36-/m1/s1. The summed E-state index contributed by atoms with van der Waals surface area (Å²) in [5.41, 5.74) is -3.22.